The maximum atomic E-state index is 12.9. The number of ketones is 1. The van der Waals surface area contributed by atoms with Crippen LogP contribution >= 0.6 is 11.6 Å². The Morgan fingerprint density at radius 2 is 1.63 bits per heavy atom. The molecule has 1 N–H and O–H groups in total. The summed E-state index contributed by atoms with van der Waals surface area (Å²) < 4.78 is 28.3. The van der Waals surface area contributed by atoms with Crippen LogP contribution in [0.25, 0.3) is 0 Å². The number of fused-ring (bicyclic) bond motifs is 1. The van der Waals surface area contributed by atoms with Crippen molar-refractivity contribution in [2.75, 3.05) is 5.32 Å². The zero-order valence-corrected chi connectivity index (χ0v) is 15.5. The van der Waals surface area contributed by atoms with Crippen molar-refractivity contribution in [1.29, 1.82) is 0 Å². The van der Waals surface area contributed by atoms with Crippen molar-refractivity contribution < 1.29 is 13.2 Å². The van der Waals surface area contributed by atoms with Crippen molar-refractivity contribution in [3.05, 3.63) is 94.5 Å². The first kappa shape index (κ1) is 17.5. The third kappa shape index (κ3) is 3.25. The number of benzene rings is 3. The number of carbonyl (C=O) groups is 1. The molecule has 3 aromatic rings. The molecule has 0 unspecified atom stereocenters. The SMILES string of the molecule is O=C(c1ccccc1)c1cc(Cl)ccc1NC1=NS(=O)(=O)c2ccccc21. The summed E-state index contributed by atoms with van der Waals surface area (Å²) >= 11 is 6.09. The quantitative estimate of drug-likeness (QED) is 0.675. The average molecular weight is 397 g/mol. The first-order valence-corrected chi connectivity index (χ1v) is 9.88. The van der Waals surface area contributed by atoms with Crippen molar-refractivity contribution in [2.24, 2.45) is 4.40 Å². The Hall–Kier alpha value is -2.96. The van der Waals surface area contributed by atoms with E-state index in [0.717, 1.165) is 0 Å². The van der Waals surface area contributed by atoms with Crippen molar-refractivity contribution in [1.82, 2.24) is 0 Å². The fourth-order valence-corrected chi connectivity index (χ4v) is 4.23. The van der Waals surface area contributed by atoms with Crippen LogP contribution in [0.1, 0.15) is 21.5 Å². The molecule has 0 aliphatic carbocycles. The highest BCUT2D eigenvalue weighted by molar-refractivity contribution is 7.90. The summed E-state index contributed by atoms with van der Waals surface area (Å²) in [6.45, 7) is 0. The molecule has 0 atom stereocenters. The fraction of sp³-hybridized carbons (Fsp3) is 0. The van der Waals surface area contributed by atoms with Gasteiger partial charge in [0.25, 0.3) is 10.0 Å². The van der Waals surface area contributed by atoms with Crippen LogP contribution in [0, 0.1) is 0 Å². The third-order valence-electron chi connectivity index (χ3n) is 4.15. The van der Waals surface area contributed by atoms with Gasteiger partial charge in [-0.1, -0.05) is 54.1 Å². The molecule has 1 heterocycles. The number of nitrogens with zero attached hydrogens (tertiary/aromatic N) is 1. The van der Waals surface area contributed by atoms with Crippen molar-refractivity contribution in [3.63, 3.8) is 0 Å². The first-order chi connectivity index (χ1) is 13.0. The smallest absolute Gasteiger partial charge is 0.285 e. The maximum absolute atomic E-state index is 12.9. The van der Waals surface area contributed by atoms with Crippen LogP contribution in [-0.4, -0.2) is 20.0 Å². The number of carbonyl (C=O) groups excluding carboxylic acids is 1. The summed E-state index contributed by atoms with van der Waals surface area (Å²) in [6, 6.07) is 20.1. The molecule has 1 aliphatic heterocycles. The lowest BCUT2D eigenvalue weighted by Gasteiger charge is -2.12. The third-order valence-corrected chi connectivity index (χ3v) is 5.72. The molecule has 0 amide bonds. The number of amidine groups is 1. The molecule has 27 heavy (non-hydrogen) atoms. The summed E-state index contributed by atoms with van der Waals surface area (Å²) in [5.41, 5.74) is 1.73. The lowest BCUT2D eigenvalue weighted by atomic mass is 10.0. The van der Waals surface area contributed by atoms with Crippen molar-refractivity contribution >= 4 is 38.9 Å². The number of halogens is 1. The van der Waals surface area contributed by atoms with Crippen LogP contribution in [-0.2, 0) is 10.0 Å². The summed E-state index contributed by atoms with van der Waals surface area (Å²) in [5, 5.41) is 3.39. The van der Waals surface area contributed by atoms with Gasteiger partial charge in [0, 0.05) is 21.7 Å². The Morgan fingerprint density at radius 3 is 2.41 bits per heavy atom. The van der Waals surface area contributed by atoms with E-state index in [1.165, 1.54) is 6.07 Å². The van der Waals surface area contributed by atoms with Gasteiger partial charge in [0.1, 0.15) is 4.90 Å². The predicted octanol–water partition coefficient (Wildman–Crippen LogP) is 4.13. The standard InChI is InChI=1S/C20H13ClN2O3S/c21-14-10-11-17(16(12-14)19(24)13-6-2-1-3-7-13)22-20-15-8-4-5-9-18(15)27(25,26)23-20/h1-12H,(H,22,23). The lowest BCUT2D eigenvalue weighted by Crippen LogP contribution is -2.15. The summed E-state index contributed by atoms with van der Waals surface area (Å²) in [7, 11) is -3.75. The van der Waals surface area contributed by atoms with Gasteiger partial charge < -0.3 is 5.32 Å². The normalized spacial score (nSPS) is 14.3. The van der Waals surface area contributed by atoms with Crippen molar-refractivity contribution in [2.45, 2.75) is 4.90 Å². The molecule has 0 saturated heterocycles. The van der Waals surface area contributed by atoms with E-state index in [1.807, 2.05) is 6.07 Å². The number of nitrogens with one attached hydrogen (secondary N) is 1. The molecule has 7 heteroatoms. The zero-order chi connectivity index (χ0) is 19.0. The summed E-state index contributed by atoms with van der Waals surface area (Å²) in [5.74, 6) is -0.0506. The highest BCUT2D eigenvalue weighted by atomic mass is 35.5. The van der Waals surface area contributed by atoms with E-state index in [1.54, 1.807) is 60.7 Å². The van der Waals surface area contributed by atoms with Crippen LogP contribution in [0.5, 0.6) is 0 Å². The van der Waals surface area contributed by atoms with Crippen LogP contribution < -0.4 is 5.32 Å². The van der Waals surface area contributed by atoms with E-state index in [2.05, 4.69) is 9.71 Å². The van der Waals surface area contributed by atoms with E-state index >= 15 is 0 Å². The maximum Gasteiger partial charge on any atom is 0.285 e. The Morgan fingerprint density at radius 1 is 0.926 bits per heavy atom. The van der Waals surface area contributed by atoms with Gasteiger partial charge >= 0.3 is 0 Å². The summed E-state index contributed by atoms with van der Waals surface area (Å²) in [4.78, 5) is 13.0. The van der Waals surface area contributed by atoms with E-state index < -0.39 is 10.0 Å². The molecular formula is C20H13ClN2O3S. The topological polar surface area (TPSA) is 75.6 Å². The van der Waals surface area contributed by atoms with Gasteiger partial charge in [-0.05, 0) is 30.3 Å². The predicted molar refractivity (Wildman–Crippen MR) is 105 cm³/mol. The number of sulfonamides is 1. The minimum absolute atomic E-state index is 0.136. The number of anilines is 1. The molecule has 3 aromatic carbocycles. The minimum Gasteiger partial charge on any atom is -0.338 e. The van der Waals surface area contributed by atoms with Gasteiger partial charge in [0.2, 0.25) is 0 Å². The summed E-state index contributed by atoms with van der Waals surface area (Å²) in [6.07, 6.45) is 0. The molecular weight excluding hydrogens is 384 g/mol. The Labute approximate surface area is 161 Å². The molecule has 0 aromatic heterocycles. The molecule has 4 rings (SSSR count). The minimum atomic E-state index is -3.75. The van der Waals surface area contributed by atoms with Crippen LogP contribution in [0.4, 0.5) is 5.69 Å². The molecule has 0 saturated carbocycles. The number of hydrogen-bond acceptors (Lipinski definition) is 4. The van der Waals surface area contributed by atoms with Gasteiger partial charge in [-0.15, -0.1) is 4.40 Å². The van der Waals surface area contributed by atoms with Gasteiger partial charge in [-0.2, -0.15) is 8.42 Å². The molecule has 0 bridgehead atoms. The number of rotatable bonds is 3. The van der Waals surface area contributed by atoms with E-state index in [4.69, 9.17) is 11.6 Å². The van der Waals surface area contributed by atoms with Gasteiger partial charge in [-0.25, -0.2) is 0 Å². The van der Waals surface area contributed by atoms with Gasteiger partial charge in [-0.3, -0.25) is 4.79 Å². The average Bonchev–Trinajstić information content (AvgIpc) is 2.94. The van der Waals surface area contributed by atoms with Crippen molar-refractivity contribution in [3.8, 4) is 0 Å². The second-order valence-electron chi connectivity index (χ2n) is 5.92. The second kappa shape index (κ2) is 6.64. The Kier molecular flexibility index (Phi) is 4.30. The molecule has 0 radical (unpaired) electrons. The molecule has 5 nitrogen and oxygen atoms in total. The zero-order valence-electron chi connectivity index (χ0n) is 13.9. The van der Waals surface area contributed by atoms with Crippen LogP contribution in [0.2, 0.25) is 5.02 Å². The first-order valence-electron chi connectivity index (χ1n) is 8.06. The molecule has 0 fully saturated rings. The lowest BCUT2D eigenvalue weighted by molar-refractivity contribution is 0.103. The largest absolute Gasteiger partial charge is 0.338 e. The van der Waals surface area contributed by atoms with Crippen LogP contribution in [0.15, 0.2) is 82.1 Å². The monoisotopic (exact) mass is 396 g/mol. The van der Waals surface area contributed by atoms with E-state index in [9.17, 15) is 13.2 Å². The Balaban J connectivity index is 1.78. The molecule has 0 spiro atoms. The van der Waals surface area contributed by atoms with Crippen LogP contribution in [0.3, 0.4) is 0 Å². The number of hydrogen-bond donors (Lipinski definition) is 1. The van der Waals surface area contributed by atoms with E-state index in [-0.39, 0.29) is 16.5 Å². The van der Waals surface area contributed by atoms with Gasteiger partial charge in [0.15, 0.2) is 11.6 Å². The molecule has 134 valence electrons. The molecule has 1 aliphatic rings. The van der Waals surface area contributed by atoms with E-state index in [0.29, 0.717) is 27.4 Å². The Bertz CT molecular complexity index is 1190. The highest BCUT2D eigenvalue weighted by Gasteiger charge is 2.29. The fourth-order valence-electron chi connectivity index (χ4n) is 2.88. The van der Waals surface area contributed by atoms with Gasteiger partial charge in [0.05, 0.1) is 5.69 Å². The second-order valence-corrected chi connectivity index (χ2v) is 7.93. The highest BCUT2D eigenvalue weighted by Crippen LogP contribution is 2.29.